The molecule has 0 spiro atoms. The van der Waals surface area contributed by atoms with Gasteiger partial charge in [-0.25, -0.2) is 4.98 Å². The second-order valence-electron chi connectivity index (χ2n) is 3.75. The Labute approximate surface area is 95.1 Å². The van der Waals surface area contributed by atoms with Gasteiger partial charge in [-0.15, -0.1) is 0 Å². The van der Waals surface area contributed by atoms with E-state index in [4.69, 9.17) is 5.11 Å². The lowest BCUT2D eigenvalue weighted by Gasteiger charge is -2.18. The van der Waals surface area contributed by atoms with Crippen LogP contribution in [0.25, 0.3) is 0 Å². The molecule has 0 aromatic carbocycles. The molecule has 15 heavy (non-hydrogen) atoms. The number of aliphatic hydroxyl groups is 1. The Morgan fingerprint density at radius 1 is 1.47 bits per heavy atom. The zero-order chi connectivity index (χ0) is 11.3. The second-order valence-corrected chi connectivity index (χ2v) is 4.48. The van der Waals surface area contributed by atoms with Gasteiger partial charge in [0, 0.05) is 37.1 Å². The van der Waals surface area contributed by atoms with Crippen molar-refractivity contribution in [1.29, 1.82) is 0 Å². The monoisotopic (exact) mass is 229 g/mol. The Morgan fingerprint density at radius 3 is 2.67 bits per heavy atom. The minimum Gasteiger partial charge on any atom is -0.396 e. The van der Waals surface area contributed by atoms with Crippen LogP contribution in [0.2, 0.25) is 0 Å². The summed E-state index contributed by atoms with van der Waals surface area (Å²) in [5.41, 5.74) is 0. The van der Waals surface area contributed by atoms with E-state index in [2.05, 4.69) is 35.0 Å². The van der Waals surface area contributed by atoms with E-state index in [1.165, 1.54) is 11.5 Å². The highest BCUT2D eigenvalue weighted by Crippen LogP contribution is 2.21. The number of aliphatic hydroxyl groups excluding tert-OH is 1. The standard InChI is InChI=1S/C10H19N3OS/c1-4-13(6-5-7-14)10-11-9(8(2)3)12-15-10/h8,14H,4-7H2,1-3H3. The summed E-state index contributed by atoms with van der Waals surface area (Å²) in [4.78, 5) is 6.64. The number of hydrogen-bond acceptors (Lipinski definition) is 5. The van der Waals surface area contributed by atoms with E-state index in [1.807, 2.05) is 0 Å². The predicted molar refractivity (Wildman–Crippen MR) is 63.6 cm³/mol. The van der Waals surface area contributed by atoms with Crippen LogP contribution in [0.15, 0.2) is 0 Å². The predicted octanol–water partition coefficient (Wildman–Crippen LogP) is 1.87. The molecule has 0 aliphatic heterocycles. The number of nitrogens with zero attached hydrogens (tertiary/aromatic N) is 3. The number of aromatic nitrogens is 2. The lowest BCUT2D eigenvalue weighted by Crippen LogP contribution is -2.24. The molecule has 0 amide bonds. The van der Waals surface area contributed by atoms with E-state index in [0.717, 1.165) is 30.5 Å². The minimum absolute atomic E-state index is 0.229. The number of rotatable bonds is 6. The molecule has 86 valence electrons. The Kier molecular flexibility index (Phi) is 4.98. The van der Waals surface area contributed by atoms with E-state index in [1.54, 1.807) is 0 Å². The van der Waals surface area contributed by atoms with Crippen molar-refractivity contribution in [2.45, 2.75) is 33.1 Å². The Balaban J connectivity index is 2.65. The van der Waals surface area contributed by atoms with E-state index >= 15 is 0 Å². The molecule has 0 atom stereocenters. The SMILES string of the molecule is CCN(CCCO)c1nc(C(C)C)ns1. The molecule has 1 aromatic rings. The van der Waals surface area contributed by atoms with Crippen LogP contribution in [0.5, 0.6) is 0 Å². The van der Waals surface area contributed by atoms with Crippen molar-refractivity contribution in [2.24, 2.45) is 0 Å². The van der Waals surface area contributed by atoms with Gasteiger partial charge >= 0.3 is 0 Å². The van der Waals surface area contributed by atoms with E-state index in [-0.39, 0.29) is 6.61 Å². The van der Waals surface area contributed by atoms with Gasteiger partial charge in [0.2, 0.25) is 5.13 Å². The molecule has 0 aliphatic rings. The van der Waals surface area contributed by atoms with E-state index < -0.39 is 0 Å². The smallest absolute Gasteiger partial charge is 0.205 e. The van der Waals surface area contributed by atoms with Crippen LogP contribution in [0, 0.1) is 0 Å². The van der Waals surface area contributed by atoms with Crippen LogP contribution in [0.3, 0.4) is 0 Å². The zero-order valence-corrected chi connectivity index (χ0v) is 10.4. The molecule has 0 radical (unpaired) electrons. The molecule has 0 bridgehead atoms. The van der Waals surface area contributed by atoms with Crippen LogP contribution in [-0.4, -0.2) is 34.2 Å². The summed E-state index contributed by atoms with van der Waals surface area (Å²) in [5, 5.41) is 9.76. The van der Waals surface area contributed by atoms with Crippen molar-refractivity contribution in [3.63, 3.8) is 0 Å². The lowest BCUT2D eigenvalue weighted by molar-refractivity contribution is 0.289. The molecule has 1 heterocycles. The molecule has 0 fully saturated rings. The van der Waals surface area contributed by atoms with Gasteiger partial charge in [0.15, 0.2) is 0 Å². The third-order valence-corrected chi connectivity index (χ3v) is 2.98. The molecule has 0 saturated carbocycles. The van der Waals surface area contributed by atoms with Crippen molar-refractivity contribution >= 4 is 16.7 Å². The third-order valence-electron chi connectivity index (χ3n) is 2.19. The number of hydrogen-bond donors (Lipinski definition) is 1. The highest BCUT2D eigenvalue weighted by molar-refractivity contribution is 7.09. The summed E-state index contributed by atoms with van der Waals surface area (Å²) in [6.45, 7) is 8.26. The van der Waals surface area contributed by atoms with Crippen LogP contribution in [0.4, 0.5) is 5.13 Å². The van der Waals surface area contributed by atoms with Gasteiger partial charge in [0.05, 0.1) is 0 Å². The minimum atomic E-state index is 0.229. The quantitative estimate of drug-likeness (QED) is 0.809. The molecule has 5 heteroatoms. The molecule has 0 unspecified atom stereocenters. The maximum atomic E-state index is 8.79. The van der Waals surface area contributed by atoms with Crippen LogP contribution in [0.1, 0.15) is 38.9 Å². The molecule has 1 N–H and O–H groups in total. The summed E-state index contributed by atoms with van der Waals surface area (Å²) in [7, 11) is 0. The van der Waals surface area contributed by atoms with Crippen molar-refractivity contribution < 1.29 is 5.11 Å². The molecule has 0 saturated heterocycles. The first kappa shape index (κ1) is 12.4. The van der Waals surface area contributed by atoms with Crippen molar-refractivity contribution in [1.82, 2.24) is 9.36 Å². The van der Waals surface area contributed by atoms with Gasteiger partial charge in [-0.2, -0.15) is 4.37 Å². The summed E-state index contributed by atoms with van der Waals surface area (Å²) < 4.78 is 4.32. The normalized spacial score (nSPS) is 11.0. The third kappa shape index (κ3) is 3.43. The van der Waals surface area contributed by atoms with Crippen LogP contribution in [-0.2, 0) is 0 Å². The van der Waals surface area contributed by atoms with Gasteiger partial charge in [0.1, 0.15) is 5.82 Å². The van der Waals surface area contributed by atoms with Gasteiger partial charge in [-0.05, 0) is 13.3 Å². The first-order valence-corrected chi connectivity index (χ1v) is 6.15. The Morgan fingerprint density at radius 2 is 2.20 bits per heavy atom. The summed E-state index contributed by atoms with van der Waals surface area (Å²) in [6.07, 6.45) is 0.782. The average molecular weight is 229 g/mol. The van der Waals surface area contributed by atoms with Crippen LogP contribution < -0.4 is 4.90 Å². The van der Waals surface area contributed by atoms with Gasteiger partial charge in [-0.3, -0.25) is 0 Å². The summed E-state index contributed by atoms with van der Waals surface area (Å²) in [5.74, 6) is 1.30. The topological polar surface area (TPSA) is 49.2 Å². The molecular weight excluding hydrogens is 210 g/mol. The van der Waals surface area contributed by atoms with Gasteiger partial charge < -0.3 is 10.0 Å². The molecule has 4 nitrogen and oxygen atoms in total. The van der Waals surface area contributed by atoms with Gasteiger partial charge in [0.25, 0.3) is 0 Å². The average Bonchev–Trinajstić information content (AvgIpc) is 2.68. The van der Waals surface area contributed by atoms with Crippen LogP contribution >= 0.6 is 11.5 Å². The second kappa shape index (κ2) is 6.02. The fraction of sp³-hybridized carbons (Fsp3) is 0.800. The fourth-order valence-electron chi connectivity index (χ4n) is 1.24. The highest BCUT2D eigenvalue weighted by Gasteiger charge is 2.12. The van der Waals surface area contributed by atoms with Crippen molar-refractivity contribution in [2.75, 3.05) is 24.6 Å². The first-order chi connectivity index (χ1) is 7.19. The zero-order valence-electron chi connectivity index (χ0n) is 9.60. The van der Waals surface area contributed by atoms with Crippen molar-refractivity contribution in [3.8, 4) is 0 Å². The summed E-state index contributed by atoms with van der Waals surface area (Å²) >= 11 is 1.44. The Bertz CT molecular complexity index is 288. The molecular formula is C10H19N3OS. The van der Waals surface area contributed by atoms with Gasteiger partial charge in [-0.1, -0.05) is 13.8 Å². The number of anilines is 1. The Hall–Kier alpha value is -0.680. The highest BCUT2D eigenvalue weighted by atomic mass is 32.1. The maximum Gasteiger partial charge on any atom is 0.205 e. The first-order valence-electron chi connectivity index (χ1n) is 5.38. The lowest BCUT2D eigenvalue weighted by atomic mass is 10.2. The van der Waals surface area contributed by atoms with E-state index in [9.17, 15) is 0 Å². The fourth-order valence-corrected chi connectivity index (χ4v) is 2.14. The van der Waals surface area contributed by atoms with E-state index in [0.29, 0.717) is 5.92 Å². The summed E-state index contributed by atoms with van der Waals surface area (Å²) in [6, 6.07) is 0. The molecule has 1 rings (SSSR count). The van der Waals surface area contributed by atoms with Crippen molar-refractivity contribution in [3.05, 3.63) is 5.82 Å². The molecule has 1 aromatic heterocycles. The molecule has 0 aliphatic carbocycles. The maximum absolute atomic E-state index is 8.79. The largest absolute Gasteiger partial charge is 0.396 e.